The average Bonchev–Trinajstić information content (AvgIpc) is 2.66. The molecule has 2 N–H and O–H groups in total. The van der Waals surface area contributed by atoms with Gasteiger partial charge in [-0.25, -0.2) is 0 Å². The Morgan fingerprint density at radius 1 is 1.21 bits per heavy atom. The number of aliphatic hydroxyl groups is 1. The molecule has 1 aliphatic rings. The minimum atomic E-state index is -1.35. The molecular weight excluding hydrogens is 350 g/mol. The van der Waals surface area contributed by atoms with Crippen LogP contribution >= 0.6 is 0 Å². The number of benzene rings is 1. The van der Waals surface area contributed by atoms with E-state index in [1.165, 1.54) is 5.56 Å². The highest BCUT2D eigenvalue weighted by atomic mass is 16.3. The second kappa shape index (κ2) is 8.84. The molecule has 0 spiro atoms. The maximum absolute atomic E-state index is 12.9. The molecule has 5 heteroatoms. The van der Waals surface area contributed by atoms with Gasteiger partial charge in [-0.1, -0.05) is 44.2 Å². The van der Waals surface area contributed by atoms with Crippen LogP contribution in [0.15, 0.2) is 42.5 Å². The predicted molar refractivity (Wildman–Crippen MR) is 111 cm³/mol. The molecule has 1 aliphatic heterocycles. The summed E-state index contributed by atoms with van der Waals surface area (Å²) in [5.74, 6) is 0.307. The van der Waals surface area contributed by atoms with Crippen molar-refractivity contribution < 1.29 is 9.90 Å². The second-order valence-corrected chi connectivity index (χ2v) is 8.13. The van der Waals surface area contributed by atoms with Crippen molar-refractivity contribution in [2.24, 2.45) is 0 Å². The minimum absolute atomic E-state index is 0.184. The van der Waals surface area contributed by atoms with Gasteiger partial charge in [0.2, 0.25) is 0 Å². The lowest BCUT2D eigenvalue weighted by Gasteiger charge is -2.38. The molecule has 1 amide bonds. The molecule has 2 aromatic rings. The van der Waals surface area contributed by atoms with Crippen LogP contribution in [0.2, 0.25) is 0 Å². The molecule has 1 atom stereocenters. The second-order valence-electron chi connectivity index (χ2n) is 8.13. The molecule has 3 rings (SSSR count). The van der Waals surface area contributed by atoms with E-state index in [1.807, 2.05) is 25.1 Å². The smallest absolute Gasteiger partial charge is 0.256 e. The van der Waals surface area contributed by atoms with E-state index in [0.29, 0.717) is 32.0 Å². The summed E-state index contributed by atoms with van der Waals surface area (Å²) in [7, 11) is 0. The molecule has 0 aliphatic carbocycles. The zero-order chi connectivity index (χ0) is 20.1. The Kier molecular flexibility index (Phi) is 6.47. The summed E-state index contributed by atoms with van der Waals surface area (Å²) < 4.78 is 0. The monoisotopic (exact) mass is 381 g/mol. The van der Waals surface area contributed by atoms with E-state index in [9.17, 15) is 9.90 Å². The van der Waals surface area contributed by atoms with Gasteiger partial charge >= 0.3 is 0 Å². The summed E-state index contributed by atoms with van der Waals surface area (Å²) in [6.07, 6.45) is 1.29. The van der Waals surface area contributed by atoms with Crippen molar-refractivity contribution in [1.82, 2.24) is 15.2 Å². The number of pyridine rings is 1. The van der Waals surface area contributed by atoms with Gasteiger partial charge in [0.05, 0.1) is 5.69 Å². The molecule has 0 radical (unpaired) electrons. The SMILES string of the molecule is Cc1cccc(CNC[C@@]2(O)CCCN(Cc3ccc(C(C)C)cc3)C2=O)n1. The number of carbonyl (C=O) groups is 1. The normalized spacial score (nSPS) is 20.0. The third-order valence-electron chi connectivity index (χ3n) is 5.39. The molecule has 5 nitrogen and oxygen atoms in total. The van der Waals surface area contributed by atoms with Crippen LogP contribution in [0.5, 0.6) is 0 Å². The van der Waals surface area contributed by atoms with E-state index in [-0.39, 0.29) is 12.5 Å². The minimum Gasteiger partial charge on any atom is -0.379 e. The number of hydrogen-bond acceptors (Lipinski definition) is 4. The first kappa shape index (κ1) is 20.5. The molecule has 1 saturated heterocycles. The van der Waals surface area contributed by atoms with Crippen molar-refractivity contribution in [3.8, 4) is 0 Å². The standard InChI is InChI=1S/C23H31N3O2/c1-17(2)20-10-8-19(9-11-20)15-26-13-5-12-23(28,22(26)27)16-24-14-21-7-4-6-18(3)25-21/h4,6-11,17,24,28H,5,12-16H2,1-3H3/t23-/m0/s1. The van der Waals surface area contributed by atoms with Crippen LogP contribution in [0, 0.1) is 6.92 Å². The molecular formula is C23H31N3O2. The van der Waals surface area contributed by atoms with Crippen LogP contribution in [0.1, 0.15) is 55.1 Å². The van der Waals surface area contributed by atoms with Crippen molar-refractivity contribution in [3.63, 3.8) is 0 Å². The third kappa shape index (κ3) is 4.97. The van der Waals surface area contributed by atoms with Crippen LogP contribution in [0.4, 0.5) is 0 Å². The highest BCUT2D eigenvalue weighted by Crippen LogP contribution is 2.24. The lowest BCUT2D eigenvalue weighted by molar-refractivity contribution is -0.157. The molecule has 1 aromatic heterocycles. The summed E-state index contributed by atoms with van der Waals surface area (Å²) in [6, 6.07) is 14.3. The number of hydrogen-bond donors (Lipinski definition) is 2. The van der Waals surface area contributed by atoms with Crippen LogP contribution < -0.4 is 5.32 Å². The van der Waals surface area contributed by atoms with E-state index in [4.69, 9.17) is 0 Å². The van der Waals surface area contributed by atoms with Crippen molar-refractivity contribution in [1.29, 1.82) is 0 Å². The van der Waals surface area contributed by atoms with E-state index in [2.05, 4.69) is 48.4 Å². The molecule has 150 valence electrons. The number of nitrogens with one attached hydrogen (secondary N) is 1. The van der Waals surface area contributed by atoms with Gasteiger partial charge < -0.3 is 15.3 Å². The molecule has 1 aromatic carbocycles. The maximum Gasteiger partial charge on any atom is 0.256 e. The summed E-state index contributed by atoms with van der Waals surface area (Å²) in [4.78, 5) is 19.2. The summed E-state index contributed by atoms with van der Waals surface area (Å²) in [5.41, 5.74) is 2.91. The van der Waals surface area contributed by atoms with Crippen LogP contribution in [0.25, 0.3) is 0 Å². The van der Waals surface area contributed by atoms with Gasteiger partial charge in [-0.2, -0.15) is 0 Å². The fourth-order valence-corrected chi connectivity index (χ4v) is 3.70. The lowest BCUT2D eigenvalue weighted by atomic mass is 9.91. The Bertz CT molecular complexity index is 804. The number of piperidine rings is 1. The maximum atomic E-state index is 12.9. The highest BCUT2D eigenvalue weighted by Gasteiger charge is 2.41. The van der Waals surface area contributed by atoms with Gasteiger partial charge in [-0.15, -0.1) is 0 Å². The number of likely N-dealkylation sites (tertiary alicyclic amines) is 1. The average molecular weight is 382 g/mol. The Labute approximate surface area is 167 Å². The molecule has 2 heterocycles. The largest absolute Gasteiger partial charge is 0.379 e. The first-order chi connectivity index (χ1) is 13.4. The van der Waals surface area contributed by atoms with E-state index >= 15 is 0 Å². The van der Waals surface area contributed by atoms with Crippen molar-refractivity contribution >= 4 is 5.91 Å². The number of aromatic nitrogens is 1. The summed E-state index contributed by atoms with van der Waals surface area (Å²) in [6.45, 7) is 8.29. The molecule has 0 saturated carbocycles. The summed E-state index contributed by atoms with van der Waals surface area (Å²) in [5, 5.41) is 14.2. The molecule has 0 bridgehead atoms. The van der Waals surface area contributed by atoms with Crippen molar-refractivity contribution in [3.05, 3.63) is 65.0 Å². The number of carbonyl (C=O) groups excluding carboxylic acids is 1. The van der Waals surface area contributed by atoms with Gasteiger partial charge in [-0.05, 0) is 48.9 Å². The van der Waals surface area contributed by atoms with Crippen LogP contribution in [0.3, 0.4) is 0 Å². The Morgan fingerprint density at radius 3 is 2.64 bits per heavy atom. The van der Waals surface area contributed by atoms with Gasteiger partial charge in [0.25, 0.3) is 5.91 Å². The zero-order valence-corrected chi connectivity index (χ0v) is 17.1. The predicted octanol–water partition coefficient (Wildman–Crippen LogP) is 3.16. The number of amides is 1. The van der Waals surface area contributed by atoms with Crippen LogP contribution in [-0.4, -0.2) is 39.6 Å². The molecule has 0 unspecified atom stereocenters. The Morgan fingerprint density at radius 2 is 1.96 bits per heavy atom. The van der Waals surface area contributed by atoms with Gasteiger partial charge in [0.15, 0.2) is 5.60 Å². The fourth-order valence-electron chi connectivity index (χ4n) is 3.70. The first-order valence-electron chi connectivity index (χ1n) is 10.1. The van der Waals surface area contributed by atoms with E-state index < -0.39 is 5.60 Å². The third-order valence-corrected chi connectivity index (χ3v) is 5.39. The highest BCUT2D eigenvalue weighted by molar-refractivity contribution is 5.86. The quantitative estimate of drug-likeness (QED) is 0.773. The fraction of sp³-hybridized carbons (Fsp3) is 0.478. The topological polar surface area (TPSA) is 65.5 Å². The Balaban J connectivity index is 1.58. The van der Waals surface area contributed by atoms with Crippen molar-refractivity contribution in [2.45, 2.75) is 58.2 Å². The first-order valence-corrected chi connectivity index (χ1v) is 10.1. The summed E-state index contributed by atoms with van der Waals surface area (Å²) >= 11 is 0. The number of rotatable bonds is 7. The number of aryl methyl sites for hydroxylation is 1. The number of nitrogens with zero attached hydrogens (tertiary/aromatic N) is 2. The molecule has 28 heavy (non-hydrogen) atoms. The molecule has 1 fully saturated rings. The lowest BCUT2D eigenvalue weighted by Crippen LogP contribution is -2.57. The van der Waals surface area contributed by atoms with Gasteiger partial charge in [-0.3, -0.25) is 9.78 Å². The zero-order valence-electron chi connectivity index (χ0n) is 17.1. The van der Waals surface area contributed by atoms with E-state index in [1.54, 1.807) is 4.90 Å². The van der Waals surface area contributed by atoms with E-state index in [0.717, 1.165) is 23.4 Å². The van der Waals surface area contributed by atoms with Gasteiger partial charge in [0, 0.05) is 31.9 Å². The van der Waals surface area contributed by atoms with Crippen molar-refractivity contribution in [2.75, 3.05) is 13.1 Å². The van der Waals surface area contributed by atoms with Gasteiger partial charge in [0.1, 0.15) is 0 Å². The Hall–Kier alpha value is -2.24. The van der Waals surface area contributed by atoms with Crippen LogP contribution in [-0.2, 0) is 17.9 Å².